The number of hydrogen-bond acceptors (Lipinski definition) is 41. The zero-order valence-corrected chi connectivity index (χ0v) is 81.8. The number of allylic oxidation sites excluding steroid dienone is 3. The van der Waals surface area contributed by atoms with Crippen LogP contribution in [0.2, 0.25) is 0 Å². The highest BCUT2D eigenvalue weighted by Gasteiger charge is 2.63. The van der Waals surface area contributed by atoms with E-state index >= 15 is 0 Å². The van der Waals surface area contributed by atoms with Gasteiger partial charge in [0, 0.05) is 26.7 Å². The molecule has 4 amide bonds. The van der Waals surface area contributed by atoms with Crippen LogP contribution < -0.4 is 21.3 Å². The smallest absolute Gasteiger partial charge is 0.364 e. The molecule has 0 saturated carbocycles. The number of amides is 4. The van der Waals surface area contributed by atoms with E-state index in [4.69, 9.17) is 66.3 Å². The number of carboxylic acid groups (broad SMARTS) is 1. The van der Waals surface area contributed by atoms with Crippen molar-refractivity contribution in [3.8, 4) is 0 Å². The van der Waals surface area contributed by atoms with E-state index in [9.17, 15) is 141 Å². The first-order valence-corrected chi connectivity index (χ1v) is 50.9. The maximum absolute atomic E-state index is 13.7. The molecule has 820 valence electrons. The van der Waals surface area contributed by atoms with Gasteiger partial charge in [-0.2, -0.15) is 0 Å². The molecule has 0 radical (unpaired) electrons. The summed E-state index contributed by atoms with van der Waals surface area (Å²) >= 11 is 0. The van der Waals surface area contributed by atoms with Gasteiger partial charge in [-0.15, -0.1) is 0 Å². The topological polar surface area (TPSA) is 728 Å². The largest absolute Gasteiger partial charge is 0.477 e. The van der Waals surface area contributed by atoms with E-state index in [1.54, 1.807) is 6.08 Å². The Morgan fingerprint density at radius 1 is 0.376 bits per heavy atom. The molecule has 141 heavy (non-hydrogen) atoms. The monoisotopic (exact) mass is 2040 g/mol. The molecule has 0 spiro atoms. The molecule has 27 N–H and O–H groups in total. The fourth-order valence-electron chi connectivity index (χ4n) is 18.8. The first kappa shape index (κ1) is 123. The summed E-state index contributed by atoms with van der Waals surface area (Å²) in [7, 11) is 0. The van der Waals surface area contributed by atoms with Crippen LogP contribution in [0.15, 0.2) is 24.3 Å². The van der Waals surface area contributed by atoms with Gasteiger partial charge in [0.05, 0.1) is 77.1 Å². The molecule has 7 saturated heterocycles. The first-order valence-electron chi connectivity index (χ1n) is 50.9. The van der Waals surface area contributed by atoms with Crippen LogP contribution in [0.5, 0.6) is 0 Å². The molecule has 7 aliphatic heterocycles. The van der Waals surface area contributed by atoms with Gasteiger partial charge in [0.1, 0.15) is 171 Å². The van der Waals surface area contributed by atoms with Crippen molar-refractivity contribution in [3.05, 3.63) is 24.3 Å². The van der Waals surface area contributed by atoms with Crippen LogP contribution in [0, 0.1) is 0 Å². The third-order valence-electron chi connectivity index (χ3n) is 27.0. The zero-order valence-electron chi connectivity index (χ0n) is 81.8. The molecule has 7 rings (SSSR count). The molecule has 14 unspecified atom stereocenters. The van der Waals surface area contributed by atoms with E-state index in [-0.39, 0.29) is 12.3 Å². The van der Waals surface area contributed by atoms with Crippen molar-refractivity contribution in [3.63, 3.8) is 0 Å². The van der Waals surface area contributed by atoms with E-state index in [0.29, 0.717) is 12.8 Å². The van der Waals surface area contributed by atoms with Gasteiger partial charge in [-0.3, -0.25) is 19.2 Å². The Labute approximate surface area is 823 Å². The normalized spacial score (nSPS) is 35.7. The predicted molar refractivity (Wildman–Crippen MR) is 493 cm³/mol. The average molecular weight is 2040 g/mol. The summed E-state index contributed by atoms with van der Waals surface area (Å²) in [5.41, 5.74) is 0. The Kier molecular flexibility index (Phi) is 57.2. The zero-order chi connectivity index (χ0) is 103. The van der Waals surface area contributed by atoms with Crippen molar-refractivity contribution in [2.75, 3.05) is 59.5 Å². The molecule has 7 fully saturated rings. The first-order chi connectivity index (χ1) is 67.7. The molecule has 0 aliphatic carbocycles. The van der Waals surface area contributed by atoms with Crippen molar-refractivity contribution >= 4 is 29.6 Å². The molecule has 46 nitrogen and oxygen atoms in total. The Balaban J connectivity index is 0.976. The predicted octanol–water partition coefficient (Wildman–Crippen LogP) is -3.38. The molecule has 0 aromatic heterocycles. The van der Waals surface area contributed by atoms with Crippen molar-refractivity contribution in [2.24, 2.45) is 0 Å². The minimum atomic E-state index is -3.31. The number of hydrogen-bond donors (Lipinski definition) is 27. The molecule has 46 heteroatoms. The van der Waals surface area contributed by atoms with Gasteiger partial charge in [0.2, 0.25) is 23.6 Å². The lowest BCUT2D eigenvalue weighted by Gasteiger charge is -2.51. The number of carbonyl (C=O) groups excluding carboxylic acids is 4. The SMILES string of the molecule is CCCCCCCC/C=C\CCCCCCCCCCCCCCCC(=O)N[C@@H](CO[C@@H]1OC(CO)[C@@H](O[C@@H]2OC(CO)[C@H](O)[C@H](O[C@@H]3OC(CO)[C@@H](O[C@@H]4OC(CO)[C@H](O)[C@H](O[C@@H]5OC(CO)[C@@H](O[C@@H]6OC(CO)[C@H](O)[C@H](O[C@]7(C(=O)O)CC(O)[C@@H](NC(=O)CO)C([C@H](O)[C@H](O)CO)O7)C6O)[C@H](O)C5NC(C)=O)C4O)[C@H](O)C3NC(C)=O)C2O)[C@H](O)C1O)[C@H](O)/C=C/CCCCCCCCCCCCC. The average Bonchev–Trinajstić information content (AvgIpc) is 0.749. The van der Waals surface area contributed by atoms with Crippen LogP contribution in [0.1, 0.15) is 252 Å². The summed E-state index contributed by atoms with van der Waals surface area (Å²) in [5, 5.41) is 268. The van der Waals surface area contributed by atoms with E-state index in [2.05, 4.69) is 47.3 Å². The molecule has 7 aliphatic rings. The summed E-state index contributed by atoms with van der Waals surface area (Å²) in [4.78, 5) is 65.4. The Bertz CT molecular complexity index is 3520. The van der Waals surface area contributed by atoms with E-state index in [0.717, 1.165) is 78.1 Å². The van der Waals surface area contributed by atoms with Crippen molar-refractivity contribution in [2.45, 2.75) is 485 Å². The molecule has 38 atom stereocenters. The standard InChI is InChI=1S/C95H168N4O42/c1-5-7-9-11-13-15-17-19-20-21-22-23-24-25-26-27-28-30-32-34-36-38-40-42-65(113)98-55(56(110)41-39-37-35-33-31-29-18-16-14-12-10-8-6-2)52-128-90-77(122)76(121)83(64(50-106)134-90)137-92-79(124)86(72(117)60(46-102)130-92)139-88-68(96-53(3)108)74(119)81(62(48-104)132-88)135-91-78(123)85(71(116)59(45-101)129-91)138-89-69(97-54(4)109)75(120)82(63(49-105)133-89)136-93-80(125)87(73(118)61(47-103)131-93)141-95(94(126)127)43-57(111)67(99-66(114)51-107)84(140-95)70(115)58(112)44-100/h19-20,39,41,55-64,67-93,100-107,110-112,115-125H,5-18,21-38,40,42-52H2,1-4H3,(H,96,108)(H,97,109)(H,98,113)(H,99,114)(H,126,127)/b20-19-,41-39+/t55-,56+,57?,58+,59?,60?,61?,62?,63?,64?,67+,68?,69?,70+,71-,72-,73-,74+,75+,76+,77?,78?,79?,80?,81+,82+,83+,84?,85-,86-,87-,88-,89-,90+,91-,92-,93-,95-/m0/s1. The number of aliphatic carboxylic acids is 1. The summed E-state index contributed by atoms with van der Waals surface area (Å²) < 4.78 is 83.0. The van der Waals surface area contributed by atoms with Crippen LogP contribution in [-0.4, -0.2) is 439 Å². The maximum atomic E-state index is 13.7. The number of aliphatic hydroxyl groups is 22. The van der Waals surface area contributed by atoms with E-state index in [1.807, 2.05) is 6.08 Å². The maximum Gasteiger partial charge on any atom is 0.364 e. The highest BCUT2D eigenvalue weighted by Crippen LogP contribution is 2.42. The summed E-state index contributed by atoms with van der Waals surface area (Å²) in [6.07, 6.45) is -23.9. The van der Waals surface area contributed by atoms with E-state index < -0.39 is 322 Å². The van der Waals surface area contributed by atoms with Crippen molar-refractivity contribution in [1.82, 2.24) is 21.3 Å². The van der Waals surface area contributed by atoms with Gasteiger partial charge in [-0.1, -0.05) is 205 Å². The fraction of sp³-hybridized carbons (Fsp3) is 0.905. The second kappa shape index (κ2) is 65.4. The molecule has 0 bridgehead atoms. The van der Waals surface area contributed by atoms with Gasteiger partial charge in [0.25, 0.3) is 5.79 Å². The van der Waals surface area contributed by atoms with Crippen molar-refractivity contribution < 1.29 is 208 Å². The minimum Gasteiger partial charge on any atom is -0.477 e. The number of ether oxygens (including phenoxy) is 14. The van der Waals surface area contributed by atoms with Crippen LogP contribution in [0.4, 0.5) is 0 Å². The lowest BCUT2D eigenvalue weighted by molar-refractivity contribution is -0.391. The minimum absolute atomic E-state index is 0.148. The van der Waals surface area contributed by atoms with Gasteiger partial charge in [-0.05, 0) is 44.9 Å². The highest BCUT2D eigenvalue weighted by atomic mass is 16.8. The summed E-state index contributed by atoms with van der Waals surface area (Å²) in [6.45, 7) is -3.29. The summed E-state index contributed by atoms with van der Waals surface area (Å²) in [6, 6.07) is -6.87. The van der Waals surface area contributed by atoms with Crippen LogP contribution in [0.3, 0.4) is 0 Å². The number of rotatable bonds is 67. The van der Waals surface area contributed by atoms with Gasteiger partial charge >= 0.3 is 5.97 Å². The summed E-state index contributed by atoms with van der Waals surface area (Å²) in [5.74, 6) is -8.93. The molecule has 0 aromatic carbocycles. The van der Waals surface area contributed by atoms with Gasteiger partial charge < -0.3 is 205 Å². The van der Waals surface area contributed by atoms with Gasteiger partial charge in [0.15, 0.2) is 37.7 Å². The second-order valence-electron chi connectivity index (χ2n) is 38.1. The van der Waals surface area contributed by atoms with E-state index in [1.165, 1.54) is 135 Å². The molecular weight excluding hydrogens is 1870 g/mol. The highest BCUT2D eigenvalue weighted by molar-refractivity contribution is 5.78. The third kappa shape index (κ3) is 37.5. The molecular formula is C95H168N4O42. The quantitative estimate of drug-likeness (QED) is 0.0209. The molecule has 0 aromatic rings. The van der Waals surface area contributed by atoms with Crippen LogP contribution in [-0.2, 0) is 90.3 Å². The Hall–Kier alpha value is -4.61. The van der Waals surface area contributed by atoms with Crippen LogP contribution in [0.25, 0.3) is 0 Å². The Morgan fingerprint density at radius 2 is 0.723 bits per heavy atom. The fourth-order valence-corrected chi connectivity index (χ4v) is 18.8. The van der Waals surface area contributed by atoms with Crippen molar-refractivity contribution in [1.29, 1.82) is 0 Å². The lowest BCUT2D eigenvalue weighted by atomic mass is 9.88. The number of carboxylic acids is 1. The number of nitrogens with one attached hydrogen (secondary N) is 4. The third-order valence-corrected chi connectivity index (χ3v) is 27.0. The lowest BCUT2D eigenvalue weighted by Crippen LogP contribution is -2.71. The van der Waals surface area contributed by atoms with Gasteiger partial charge in [-0.25, -0.2) is 4.79 Å². The Morgan fingerprint density at radius 3 is 1.10 bits per heavy atom. The number of aliphatic hydroxyl groups excluding tert-OH is 22. The number of carbonyl (C=O) groups is 5. The van der Waals surface area contributed by atoms with Crippen LogP contribution >= 0.6 is 0 Å². The molecule has 7 heterocycles. The second-order valence-corrected chi connectivity index (χ2v) is 38.1. The number of unbranched alkanes of at least 4 members (excludes halogenated alkanes) is 30.